The van der Waals surface area contributed by atoms with Crippen LogP contribution in [0.5, 0.6) is 5.75 Å². The summed E-state index contributed by atoms with van der Waals surface area (Å²) in [5.41, 5.74) is 2.97. The molecule has 3 aromatic rings. The van der Waals surface area contributed by atoms with E-state index < -0.39 is 5.97 Å². The van der Waals surface area contributed by atoms with Gasteiger partial charge in [0.1, 0.15) is 11.4 Å². The lowest BCUT2D eigenvalue weighted by Gasteiger charge is -2.28. The lowest BCUT2D eigenvalue weighted by Crippen LogP contribution is -2.39. The van der Waals surface area contributed by atoms with Crippen LogP contribution < -0.4 is 15.0 Å². The predicted octanol–water partition coefficient (Wildman–Crippen LogP) is 4.17. The molecule has 2 heterocycles. The summed E-state index contributed by atoms with van der Waals surface area (Å²) in [5, 5.41) is 7.32. The maximum absolute atomic E-state index is 13.7. The Labute approximate surface area is 209 Å². The standard InChI is InChI=1S/C27H28N4O5/c1-4-6-7-23(32)28-18-8-10-19(11-9-18)30-17-16-22-24(27(34)36-5-2)29-31(25(22)26(30)33)20-12-14-21(35-3)15-13-20/h4,8-15H,1,5-7,16-17H2,2-3H3,(H,28,32). The fraction of sp³-hybridized carbons (Fsp3) is 0.259. The minimum atomic E-state index is -0.557. The zero-order chi connectivity index (χ0) is 25.7. The van der Waals surface area contributed by atoms with Gasteiger partial charge < -0.3 is 19.7 Å². The highest BCUT2D eigenvalue weighted by molar-refractivity contribution is 6.09. The van der Waals surface area contributed by atoms with Crippen molar-refractivity contribution in [3.05, 3.63) is 78.1 Å². The molecule has 1 aliphatic rings. The average Bonchev–Trinajstić information content (AvgIpc) is 3.29. The summed E-state index contributed by atoms with van der Waals surface area (Å²) in [4.78, 5) is 40.0. The lowest BCUT2D eigenvalue weighted by molar-refractivity contribution is -0.116. The van der Waals surface area contributed by atoms with E-state index in [1.165, 1.54) is 4.68 Å². The molecule has 2 amide bonds. The molecule has 0 spiro atoms. The van der Waals surface area contributed by atoms with Gasteiger partial charge >= 0.3 is 5.97 Å². The third-order valence-corrected chi connectivity index (χ3v) is 5.84. The number of fused-ring (bicyclic) bond motifs is 1. The third-order valence-electron chi connectivity index (χ3n) is 5.84. The Bertz CT molecular complexity index is 1280. The smallest absolute Gasteiger partial charge is 0.359 e. The van der Waals surface area contributed by atoms with Crippen LogP contribution in [0.1, 0.15) is 46.3 Å². The molecule has 0 aliphatic carbocycles. The van der Waals surface area contributed by atoms with Crippen molar-refractivity contribution in [1.29, 1.82) is 0 Å². The molecule has 0 bridgehead atoms. The minimum Gasteiger partial charge on any atom is -0.497 e. The Balaban J connectivity index is 1.66. The summed E-state index contributed by atoms with van der Waals surface area (Å²) < 4.78 is 11.9. The van der Waals surface area contributed by atoms with Crippen LogP contribution in [0.3, 0.4) is 0 Å². The number of carbonyl (C=O) groups is 3. The van der Waals surface area contributed by atoms with E-state index in [2.05, 4.69) is 17.0 Å². The van der Waals surface area contributed by atoms with E-state index in [-0.39, 0.29) is 24.1 Å². The van der Waals surface area contributed by atoms with Gasteiger partial charge in [-0.1, -0.05) is 6.08 Å². The van der Waals surface area contributed by atoms with Crippen molar-refractivity contribution in [3.8, 4) is 11.4 Å². The number of esters is 1. The van der Waals surface area contributed by atoms with Gasteiger partial charge in [0.2, 0.25) is 5.91 Å². The van der Waals surface area contributed by atoms with Crippen LogP contribution in [0.15, 0.2) is 61.2 Å². The zero-order valence-corrected chi connectivity index (χ0v) is 20.3. The average molecular weight is 489 g/mol. The van der Waals surface area contributed by atoms with E-state index in [9.17, 15) is 14.4 Å². The van der Waals surface area contributed by atoms with E-state index >= 15 is 0 Å². The molecule has 36 heavy (non-hydrogen) atoms. The van der Waals surface area contributed by atoms with Gasteiger partial charge in [0, 0.05) is 29.9 Å². The quantitative estimate of drug-likeness (QED) is 0.358. The predicted molar refractivity (Wildman–Crippen MR) is 136 cm³/mol. The number of amides is 2. The van der Waals surface area contributed by atoms with E-state index in [1.807, 2.05) is 0 Å². The molecule has 0 unspecified atom stereocenters. The number of aromatic nitrogens is 2. The number of ether oxygens (including phenoxy) is 2. The van der Waals surface area contributed by atoms with Gasteiger partial charge in [-0.2, -0.15) is 5.10 Å². The molecule has 2 aromatic carbocycles. The third kappa shape index (κ3) is 5.00. The number of carbonyl (C=O) groups excluding carboxylic acids is 3. The number of hydrogen-bond donors (Lipinski definition) is 1. The maximum atomic E-state index is 13.7. The first-order valence-corrected chi connectivity index (χ1v) is 11.7. The highest BCUT2D eigenvalue weighted by Crippen LogP contribution is 2.30. The summed E-state index contributed by atoms with van der Waals surface area (Å²) in [6, 6.07) is 14.2. The largest absolute Gasteiger partial charge is 0.497 e. The molecule has 0 atom stereocenters. The van der Waals surface area contributed by atoms with Crippen LogP contribution in [-0.4, -0.2) is 47.8 Å². The van der Waals surface area contributed by atoms with Gasteiger partial charge in [-0.15, -0.1) is 6.58 Å². The Morgan fingerprint density at radius 1 is 1.11 bits per heavy atom. The van der Waals surface area contributed by atoms with E-state index in [0.29, 0.717) is 59.9 Å². The Hall–Kier alpha value is -4.40. The normalized spacial score (nSPS) is 12.6. The van der Waals surface area contributed by atoms with Crippen molar-refractivity contribution in [1.82, 2.24) is 9.78 Å². The molecule has 186 valence electrons. The molecule has 4 rings (SSSR count). The highest BCUT2D eigenvalue weighted by atomic mass is 16.5. The number of methoxy groups -OCH3 is 1. The summed E-state index contributed by atoms with van der Waals surface area (Å²) >= 11 is 0. The maximum Gasteiger partial charge on any atom is 0.359 e. The molecular weight excluding hydrogens is 460 g/mol. The number of allylic oxidation sites excluding steroid dienone is 1. The van der Waals surface area contributed by atoms with Gasteiger partial charge in [0.25, 0.3) is 5.91 Å². The number of hydrogen-bond acceptors (Lipinski definition) is 6. The second-order valence-electron chi connectivity index (χ2n) is 8.14. The molecule has 0 saturated carbocycles. The summed E-state index contributed by atoms with van der Waals surface area (Å²) in [6.07, 6.45) is 3.09. The summed E-state index contributed by atoms with van der Waals surface area (Å²) in [5.74, 6) is -0.275. The van der Waals surface area contributed by atoms with Gasteiger partial charge in [0.15, 0.2) is 5.69 Å². The first kappa shape index (κ1) is 24.7. The molecular formula is C27H28N4O5. The number of nitrogens with one attached hydrogen (secondary N) is 1. The molecule has 1 aromatic heterocycles. The van der Waals surface area contributed by atoms with Crippen LogP contribution in [0, 0.1) is 0 Å². The number of anilines is 2. The monoisotopic (exact) mass is 488 g/mol. The summed E-state index contributed by atoms with van der Waals surface area (Å²) in [6.45, 7) is 5.93. The SMILES string of the molecule is C=CCCC(=O)Nc1ccc(N2CCc3c(C(=O)OCC)nn(-c4ccc(OC)cc4)c3C2=O)cc1. The molecule has 1 aliphatic heterocycles. The zero-order valence-electron chi connectivity index (χ0n) is 20.3. The van der Waals surface area contributed by atoms with Crippen molar-refractivity contribution in [2.75, 3.05) is 30.5 Å². The van der Waals surface area contributed by atoms with E-state index in [4.69, 9.17) is 9.47 Å². The number of benzene rings is 2. The fourth-order valence-corrected chi connectivity index (χ4v) is 4.06. The van der Waals surface area contributed by atoms with Crippen molar-refractivity contribution in [2.24, 2.45) is 0 Å². The van der Waals surface area contributed by atoms with Gasteiger partial charge in [-0.05, 0) is 68.3 Å². The van der Waals surface area contributed by atoms with Crippen LogP contribution in [0.25, 0.3) is 5.69 Å². The molecule has 0 radical (unpaired) electrons. The highest BCUT2D eigenvalue weighted by Gasteiger charge is 2.35. The van der Waals surface area contributed by atoms with Gasteiger partial charge in [-0.25, -0.2) is 9.48 Å². The molecule has 9 heteroatoms. The molecule has 1 N–H and O–H groups in total. The van der Waals surface area contributed by atoms with Gasteiger partial charge in [0.05, 0.1) is 19.4 Å². The van der Waals surface area contributed by atoms with Crippen molar-refractivity contribution in [3.63, 3.8) is 0 Å². The number of rotatable bonds is 9. The molecule has 0 saturated heterocycles. The fourth-order valence-electron chi connectivity index (χ4n) is 4.06. The minimum absolute atomic E-state index is 0.101. The van der Waals surface area contributed by atoms with Crippen LogP contribution in [-0.2, 0) is 16.0 Å². The summed E-state index contributed by atoms with van der Waals surface area (Å²) in [7, 11) is 1.57. The molecule has 9 nitrogen and oxygen atoms in total. The number of nitrogens with zero attached hydrogens (tertiary/aromatic N) is 3. The van der Waals surface area contributed by atoms with Crippen molar-refractivity contribution >= 4 is 29.2 Å². The van der Waals surface area contributed by atoms with Crippen molar-refractivity contribution < 1.29 is 23.9 Å². The second-order valence-corrected chi connectivity index (χ2v) is 8.14. The Morgan fingerprint density at radius 3 is 2.44 bits per heavy atom. The Kier molecular flexibility index (Phi) is 7.48. The van der Waals surface area contributed by atoms with E-state index in [0.717, 1.165) is 0 Å². The molecule has 0 fully saturated rings. The van der Waals surface area contributed by atoms with Crippen LogP contribution >= 0.6 is 0 Å². The first-order valence-electron chi connectivity index (χ1n) is 11.7. The van der Waals surface area contributed by atoms with Crippen LogP contribution in [0.2, 0.25) is 0 Å². The Morgan fingerprint density at radius 2 is 1.81 bits per heavy atom. The van der Waals surface area contributed by atoms with Crippen molar-refractivity contribution in [2.45, 2.75) is 26.2 Å². The van der Waals surface area contributed by atoms with Gasteiger partial charge in [-0.3, -0.25) is 9.59 Å². The first-order chi connectivity index (χ1) is 17.5. The lowest BCUT2D eigenvalue weighted by atomic mass is 10.0. The van der Waals surface area contributed by atoms with Crippen LogP contribution in [0.4, 0.5) is 11.4 Å². The second kappa shape index (κ2) is 10.9. The topological polar surface area (TPSA) is 103 Å². The van der Waals surface area contributed by atoms with E-state index in [1.54, 1.807) is 73.5 Å².